The van der Waals surface area contributed by atoms with Crippen molar-refractivity contribution in [3.63, 3.8) is 0 Å². The van der Waals surface area contributed by atoms with Crippen molar-refractivity contribution >= 4 is 10.0 Å². The third-order valence-electron chi connectivity index (χ3n) is 3.77. The van der Waals surface area contributed by atoms with E-state index >= 15 is 0 Å². The Bertz CT molecular complexity index is 618. The Hall–Kier alpha value is -1.49. The average molecular weight is 308 g/mol. The highest BCUT2D eigenvalue weighted by molar-refractivity contribution is 7.89. The van der Waals surface area contributed by atoms with Gasteiger partial charge in [-0.05, 0) is 44.0 Å². The quantitative estimate of drug-likeness (QED) is 0.875. The van der Waals surface area contributed by atoms with E-state index in [0.717, 1.165) is 25.9 Å². The molecule has 7 heteroatoms. The maximum atomic E-state index is 12.7. The van der Waals surface area contributed by atoms with Gasteiger partial charge < -0.3 is 5.32 Å². The second kappa shape index (κ2) is 6.98. The summed E-state index contributed by atoms with van der Waals surface area (Å²) in [6.45, 7) is 4.57. The minimum atomic E-state index is -3.67. The van der Waals surface area contributed by atoms with Gasteiger partial charge in [-0.25, -0.2) is 13.4 Å². The van der Waals surface area contributed by atoms with Crippen molar-refractivity contribution in [2.24, 2.45) is 5.92 Å². The highest BCUT2D eigenvalue weighted by atomic mass is 32.2. The molecule has 1 aliphatic rings. The molecule has 0 radical (unpaired) electrons. The lowest BCUT2D eigenvalue weighted by Gasteiger charge is -2.28. The summed E-state index contributed by atoms with van der Waals surface area (Å²) in [5.74, 6) is 0.364. The molecule has 1 aliphatic heterocycles. The van der Waals surface area contributed by atoms with Gasteiger partial charge in [-0.1, -0.05) is 6.92 Å². The molecule has 1 aromatic rings. The zero-order valence-electron chi connectivity index (χ0n) is 12.1. The van der Waals surface area contributed by atoms with Crippen LogP contribution < -0.4 is 5.32 Å². The number of pyridine rings is 1. The van der Waals surface area contributed by atoms with Crippen LogP contribution in [0.1, 0.15) is 25.5 Å². The Labute approximate surface area is 125 Å². The summed E-state index contributed by atoms with van der Waals surface area (Å²) in [5.41, 5.74) is -0.0405. The first-order chi connectivity index (χ1) is 10.1. The second-order valence-corrected chi connectivity index (χ2v) is 7.02. The number of rotatable bonds is 5. The third kappa shape index (κ3) is 3.59. The number of nitrogens with zero attached hydrogens (tertiary/aromatic N) is 3. The number of sulfonamides is 1. The number of piperidine rings is 1. The Morgan fingerprint density at radius 1 is 1.48 bits per heavy atom. The van der Waals surface area contributed by atoms with Crippen LogP contribution in [-0.2, 0) is 10.0 Å². The molecule has 2 rings (SSSR count). The van der Waals surface area contributed by atoms with Crippen molar-refractivity contribution in [3.8, 4) is 6.07 Å². The molecule has 21 heavy (non-hydrogen) atoms. The molecule has 1 fully saturated rings. The normalized spacial score (nSPS) is 16.8. The molecular weight excluding hydrogens is 288 g/mol. The fraction of sp³-hybridized carbons (Fsp3) is 0.571. The van der Waals surface area contributed by atoms with Crippen LogP contribution in [0.25, 0.3) is 0 Å². The molecular formula is C14H20N4O2S. The van der Waals surface area contributed by atoms with E-state index < -0.39 is 10.0 Å². The van der Waals surface area contributed by atoms with Crippen LogP contribution in [-0.4, -0.2) is 43.9 Å². The molecule has 0 aromatic carbocycles. The molecule has 6 nitrogen and oxygen atoms in total. The molecule has 114 valence electrons. The maximum Gasteiger partial charge on any atom is 0.245 e. The summed E-state index contributed by atoms with van der Waals surface area (Å²) < 4.78 is 26.9. The third-order valence-corrected chi connectivity index (χ3v) is 5.74. The second-order valence-electron chi connectivity index (χ2n) is 5.11. The van der Waals surface area contributed by atoms with Crippen LogP contribution in [0.4, 0.5) is 0 Å². The van der Waals surface area contributed by atoms with E-state index in [0.29, 0.717) is 19.0 Å². The van der Waals surface area contributed by atoms with E-state index in [1.165, 1.54) is 16.6 Å². The van der Waals surface area contributed by atoms with E-state index in [4.69, 9.17) is 5.26 Å². The van der Waals surface area contributed by atoms with Gasteiger partial charge in [-0.15, -0.1) is 0 Å². The van der Waals surface area contributed by atoms with Gasteiger partial charge in [0.25, 0.3) is 0 Å². The van der Waals surface area contributed by atoms with Gasteiger partial charge in [-0.2, -0.15) is 9.57 Å². The first kappa shape index (κ1) is 15.9. The number of nitrogens with one attached hydrogen (secondary N) is 1. The number of nitriles is 1. The van der Waals surface area contributed by atoms with Gasteiger partial charge in [0.05, 0.1) is 0 Å². The molecule has 0 spiro atoms. The molecule has 1 saturated heterocycles. The summed E-state index contributed by atoms with van der Waals surface area (Å²) in [6, 6.07) is 4.86. The van der Waals surface area contributed by atoms with Crippen LogP contribution in [0, 0.1) is 17.2 Å². The molecule has 1 N–H and O–H groups in total. The lowest BCUT2D eigenvalue weighted by molar-refractivity contribution is 0.294. The topological polar surface area (TPSA) is 86.1 Å². The fourth-order valence-corrected chi connectivity index (χ4v) is 4.19. The summed E-state index contributed by atoms with van der Waals surface area (Å²) >= 11 is 0. The van der Waals surface area contributed by atoms with Crippen molar-refractivity contribution in [2.45, 2.75) is 24.7 Å². The van der Waals surface area contributed by atoms with E-state index in [9.17, 15) is 8.42 Å². The van der Waals surface area contributed by atoms with Crippen molar-refractivity contribution in [3.05, 3.63) is 24.0 Å². The first-order valence-corrected chi connectivity index (χ1v) is 8.59. The first-order valence-electron chi connectivity index (χ1n) is 7.15. The predicted molar refractivity (Wildman–Crippen MR) is 79.0 cm³/mol. The van der Waals surface area contributed by atoms with Crippen molar-refractivity contribution in [1.82, 2.24) is 14.6 Å². The summed E-state index contributed by atoms with van der Waals surface area (Å²) in [6.07, 6.45) is 3.38. The Balaban J connectivity index is 2.25. The fourth-order valence-electron chi connectivity index (χ4n) is 2.57. The predicted octanol–water partition coefficient (Wildman–Crippen LogP) is 0.963. The van der Waals surface area contributed by atoms with Crippen molar-refractivity contribution in [1.29, 1.82) is 5.26 Å². The molecule has 0 unspecified atom stereocenters. The smallest absolute Gasteiger partial charge is 0.245 e. The zero-order valence-corrected chi connectivity index (χ0v) is 12.9. The number of aromatic nitrogens is 1. The van der Waals surface area contributed by atoms with Gasteiger partial charge in [0.15, 0.2) is 5.69 Å². The standard InChI is InChI=1S/C14H20N4O2S/c1-2-18(11-12-5-8-16-9-6-12)21(19,20)14-4-3-7-17-13(14)10-15/h3-4,7,12,16H,2,5-6,8-9,11H2,1H3. The largest absolute Gasteiger partial charge is 0.317 e. The molecule has 2 heterocycles. The van der Waals surface area contributed by atoms with E-state index in [1.807, 2.05) is 13.0 Å². The Morgan fingerprint density at radius 3 is 2.81 bits per heavy atom. The summed E-state index contributed by atoms with van der Waals surface area (Å²) in [5, 5.41) is 12.3. The van der Waals surface area contributed by atoms with Crippen LogP contribution in [0.5, 0.6) is 0 Å². The number of hydrogen-bond acceptors (Lipinski definition) is 5. The molecule has 1 aromatic heterocycles. The van der Waals surface area contributed by atoms with Gasteiger partial charge in [-0.3, -0.25) is 0 Å². The summed E-state index contributed by atoms with van der Waals surface area (Å²) in [4.78, 5) is 3.85. The van der Waals surface area contributed by atoms with Crippen LogP contribution >= 0.6 is 0 Å². The van der Waals surface area contributed by atoms with Crippen molar-refractivity contribution < 1.29 is 8.42 Å². The van der Waals surface area contributed by atoms with Gasteiger partial charge in [0, 0.05) is 19.3 Å². The van der Waals surface area contributed by atoms with Crippen LogP contribution in [0.15, 0.2) is 23.2 Å². The van der Waals surface area contributed by atoms with Gasteiger partial charge in [0.2, 0.25) is 10.0 Å². The minimum absolute atomic E-state index is 0.00304. The van der Waals surface area contributed by atoms with E-state index in [1.54, 1.807) is 6.07 Å². The summed E-state index contributed by atoms with van der Waals surface area (Å²) in [7, 11) is -3.67. The number of hydrogen-bond donors (Lipinski definition) is 1. The lowest BCUT2D eigenvalue weighted by atomic mass is 9.98. The van der Waals surface area contributed by atoms with Crippen LogP contribution in [0.3, 0.4) is 0 Å². The SMILES string of the molecule is CCN(CC1CCNCC1)S(=O)(=O)c1cccnc1C#N. The van der Waals surface area contributed by atoms with E-state index in [2.05, 4.69) is 10.3 Å². The van der Waals surface area contributed by atoms with Gasteiger partial charge in [0.1, 0.15) is 11.0 Å². The Morgan fingerprint density at radius 2 is 2.19 bits per heavy atom. The monoisotopic (exact) mass is 308 g/mol. The maximum absolute atomic E-state index is 12.7. The van der Waals surface area contributed by atoms with Gasteiger partial charge >= 0.3 is 0 Å². The molecule has 0 atom stereocenters. The molecule has 0 aliphatic carbocycles. The zero-order chi connectivity index (χ0) is 15.3. The van der Waals surface area contributed by atoms with Crippen LogP contribution in [0.2, 0.25) is 0 Å². The van der Waals surface area contributed by atoms with Crippen molar-refractivity contribution in [2.75, 3.05) is 26.2 Å². The Kier molecular flexibility index (Phi) is 5.28. The average Bonchev–Trinajstić information content (AvgIpc) is 2.53. The molecule has 0 amide bonds. The highest BCUT2D eigenvalue weighted by Gasteiger charge is 2.29. The minimum Gasteiger partial charge on any atom is -0.317 e. The van der Waals surface area contributed by atoms with E-state index in [-0.39, 0.29) is 10.6 Å². The highest BCUT2D eigenvalue weighted by Crippen LogP contribution is 2.21. The lowest BCUT2D eigenvalue weighted by Crippen LogP contribution is -2.39. The molecule has 0 bridgehead atoms. The molecule has 0 saturated carbocycles.